The molecule has 0 bridgehead atoms. The Labute approximate surface area is 95.6 Å². The van der Waals surface area contributed by atoms with Crippen molar-refractivity contribution in [3.8, 4) is 0 Å². The van der Waals surface area contributed by atoms with Crippen molar-refractivity contribution in [2.75, 3.05) is 14.2 Å². The minimum Gasteiger partial charge on any atom is -0.468 e. The number of likely N-dealkylation sites (N-methyl/N-ethyl adjacent to an activating group) is 1. The molecular weight excluding hydrogens is 266 g/mol. The summed E-state index contributed by atoms with van der Waals surface area (Å²) in [6.45, 7) is 2.00. The molecule has 0 amide bonds. The molecule has 0 aliphatic carbocycles. The van der Waals surface area contributed by atoms with Crippen LogP contribution in [0, 0.1) is 6.92 Å². The van der Waals surface area contributed by atoms with Crippen LogP contribution in [-0.2, 0) is 9.53 Å². The Hall–Kier alpha value is -0.390. The third-order valence-electron chi connectivity index (χ3n) is 1.89. The van der Waals surface area contributed by atoms with Crippen LogP contribution < -0.4 is 5.32 Å². The van der Waals surface area contributed by atoms with Crippen molar-refractivity contribution in [1.29, 1.82) is 0 Å². The minimum absolute atomic E-state index is 0.263. The van der Waals surface area contributed by atoms with Gasteiger partial charge in [0.1, 0.15) is 6.04 Å². The van der Waals surface area contributed by atoms with E-state index in [9.17, 15) is 4.79 Å². The van der Waals surface area contributed by atoms with E-state index in [1.807, 2.05) is 13.0 Å². The molecule has 0 saturated carbocycles. The van der Waals surface area contributed by atoms with E-state index in [1.54, 1.807) is 18.4 Å². The van der Waals surface area contributed by atoms with Gasteiger partial charge < -0.3 is 10.1 Å². The Morgan fingerprint density at radius 1 is 1.71 bits per heavy atom. The van der Waals surface area contributed by atoms with E-state index in [-0.39, 0.29) is 12.0 Å². The molecule has 0 aromatic carbocycles. The summed E-state index contributed by atoms with van der Waals surface area (Å²) in [5.41, 5.74) is 0. The first kappa shape index (κ1) is 11.7. The predicted molar refractivity (Wildman–Crippen MR) is 60.6 cm³/mol. The zero-order chi connectivity index (χ0) is 10.7. The maximum atomic E-state index is 11.4. The summed E-state index contributed by atoms with van der Waals surface area (Å²) < 4.78 is 5.73. The van der Waals surface area contributed by atoms with Crippen LogP contribution in [0.5, 0.6) is 0 Å². The molecule has 78 valence electrons. The lowest BCUT2D eigenvalue weighted by Gasteiger charge is -2.10. The predicted octanol–water partition coefficient (Wildman–Crippen LogP) is 2.25. The first-order valence-electron chi connectivity index (χ1n) is 4.11. The highest BCUT2D eigenvalue weighted by Gasteiger charge is 2.21. The topological polar surface area (TPSA) is 38.3 Å². The van der Waals surface area contributed by atoms with Crippen molar-refractivity contribution in [2.45, 2.75) is 13.0 Å². The fourth-order valence-corrected chi connectivity index (χ4v) is 2.78. The Morgan fingerprint density at radius 2 is 2.36 bits per heavy atom. The van der Waals surface area contributed by atoms with Crippen molar-refractivity contribution < 1.29 is 9.53 Å². The second kappa shape index (κ2) is 4.91. The number of methoxy groups -OCH3 is 1. The minimum atomic E-state index is -0.366. The Kier molecular flexibility index (Phi) is 4.10. The monoisotopic (exact) mass is 277 g/mol. The van der Waals surface area contributed by atoms with Crippen LogP contribution in [0.3, 0.4) is 0 Å². The molecule has 1 N–H and O–H groups in total. The van der Waals surface area contributed by atoms with Gasteiger partial charge in [0.15, 0.2) is 0 Å². The van der Waals surface area contributed by atoms with Gasteiger partial charge in [-0.05, 0) is 36.0 Å². The van der Waals surface area contributed by atoms with Gasteiger partial charge in [0.05, 0.1) is 7.11 Å². The zero-order valence-electron chi connectivity index (χ0n) is 8.26. The van der Waals surface area contributed by atoms with Crippen molar-refractivity contribution in [3.05, 3.63) is 20.3 Å². The largest absolute Gasteiger partial charge is 0.468 e. The number of hydrogen-bond donors (Lipinski definition) is 1. The third-order valence-corrected chi connectivity index (χ3v) is 4.09. The molecule has 5 heteroatoms. The van der Waals surface area contributed by atoms with Crippen LogP contribution in [0.25, 0.3) is 0 Å². The van der Waals surface area contributed by atoms with Gasteiger partial charge in [-0.3, -0.25) is 0 Å². The molecule has 14 heavy (non-hydrogen) atoms. The first-order chi connectivity index (χ1) is 6.60. The number of rotatable bonds is 3. The van der Waals surface area contributed by atoms with Gasteiger partial charge >= 0.3 is 5.97 Å². The smallest absolute Gasteiger partial charge is 0.328 e. The molecule has 0 fully saturated rings. The standard InChI is InChI=1S/C9H12BrNO2S/c1-5-6(10)4-7(14-5)8(11-2)9(12)13-3/h4,8,11H,1-3H3. The number of carbonyl (C=O) groups excluding carboxylic acids is 1. The lowest BCUT2D eigenvalue weighted by molar-refractivity contribution is -0.143. The van der Waals surface area contributed by atoms with Gasteiger partial charge in [-0.15, -0.1) is 11.3 Å². The summed E-state index contributed by atoms with van der Waals surface area (Å²) in [4.78, 5) is 13.5. The average molecular weight is 278 g/mol. The Morgan fingerprint density at radius 3 is 2.71 bits per heavy atom. The molecular formula is C9H12BrNO2S. The molecule has 0 aliphatic heterocycles. The SMILES string of the molecule is CNC(C(=O)OC)c1cc(Br)c(C)s1. The van der Waals surface area contributed by atoms with Gasteiger partial charge in [-0.2, -0.15) is 0 Å². The van der Waals surface area contributed by atoms with E-state index in [2.05, 4.69) is 21.2 Å². The maximum Gasteiger partial charge on any atom is 0.328 e. The van der Waals surface area contributed by atoms with Crippen molar-refractivity contribution in [2.24, 2.45) is 0 Å². The van der Waals surface area contributed by atoms with Gasteiger partial charge in [-0.1, -0.05) is 0 Å². The second-order valence-electron chi connectivity index (χ2n) is 2.80. The lowest BCUT2D eigenvalue weighted by Crippen LogP contribution is -2.25. The lowest BCUT2D eigenvalue weighted by atomic mass is 10.2. The molecule has 0 saturated heterocycles. The first-order valence-corrected chi connectivity index (χ1v) is 5.72. The molecule has 1 unspecified atom stereocenters. The normalized spacial score (nSPS) is 12.6. The molecule has 1 rings (SSSR count). The molecule has 0 radical (unpaired) electrons. The van der Waals surface area contributed by atoms with Crippen LogP contribution in [0.4, 0.5) is 0 Å². The Bertz CT molecular complexity index is 318. The highest BCUT2D eigenvalue weighted by Crippen LogP contribution is 2.30. The van der Waals surface area contributed by atoms with E-state index in [4.69, 9.17) is 4.74 Å². The number of esters is 1. The van der Waals surface area contributed by atoms with Crippen molar-refractivity contribution in [1.82, 2.24) is 5.32 Å². The quantitative estimate of drug-likeness (QED) is 0.862. The van der Waals surface area contributed by atoms with Crippen LogP contribution in [-0.4, -0.2) is 20.1 Å². The molecule has 3 nitrogen and oxygen atoms in total. The average Bonchev–Trinajstić information content (AvgIpc) is 2.48. The summed E-state index contributed by atoms with van der Waals surface area (Å²) in [6.07, 6.45) is 0. The number of thiophene rings is 1. The fraction of sp³-hybridized carbons (Fsp3) is 0.444. The number of ether oxygens (including phenoxy) is 1. The fourth-order valence-electron chi connectivity index (χ4n) is 1.12. The van der Waals surface area contributed by atoms with Crippen LogP contribution >= 0.6 is 27.3 Å². The summed E-state index contributed by atoms with van der Waals surface area (Å²) in [7, 11) is 3.13. The van der Waals surface area contributed by atoms with E-state index in [0.717, 1.165) is 14.2 Å². The zero-order valence-corrected chi connectivity index (χ0v) is 10.7. The molecule has 0 spiro atoms. The van der Waals surface area contributed by atoms with Gasteiger partial charge in [0, 0.05) is 14.2 Å². The molecule has 1 aromatic heterocycles. The van der Waals surface area contributed by atoms with Crippen LogP contribution in [0.2, 0.25) is 0 Å². The van der Waals surface area contributed by atoms with Crippen molar-refractivity contribution >= 4 is 33.2 Å². The van der Waals surface area contributed by atoms with Gasteiger partial charge in [0.25, 0.3) is 0 Å². The van der Waals surface area contributed by atoms with Crippen LogP contribution in [0.15, 0.2) is 10.5 Å². The number of aryl methyl sites for hydroxylation is 1. The number of hydrogen-bond acceptors (Lipinski definition) is 4. The molecule has 0 aliphatic rings. The molecule has 1 heterocycles. The maximum absolute atomic E-state index is 11.4. The summed E-state index contributed by atoms with van der Waals surface area (Å²) in [5.74, 6) is -0.263. The highest BCUT2D eigenvalue weighted by atomic mass is 79.9. The third kappa shape index (κ3) is 2.34. The number of nitrogens with one attached hydrogen (secondary N) is 1. The Balaban J connectivity index is 2.95. The number of halogens is 1. The van der Waals surface area contributed by atoms with Gasteiger partial charge in [0.2, 0.25) is 0 Å². The van der Waals surface area contributed by atoms with Crippen molar-refractivity contribution in [3.63, 3.8) is 0 Å². The van der Waals surface area contributed by atoms with E-state index in [0.29, 0.717) is 0 Å². The highest BCUT2D eigenvalue weighted by molar-refractivity contribution is 9.10. The molecule has 1 atom stereocenters. The van der Waals surface area contributed by atoms with E-state index >= 15 is 0 Å². The van der Waals surface area contributed by atoms with Crippen LogP contribution in [0.1, 0.15) is 15.8 Å². The molecule has 1 aromatic rings. The van der Waals surface area contributed by atoms with E-state index in [1.165, 1.54) is 7.11 Å². The van der Waals surface area contributed by atoms with Gasteiger partial charge in [-0.25, -0.2) is 4.79 Å². The summed E-state index contributed by atoms with van der Waals surface area (Å²) >= 11 is 5.00. The number of carbonyl (C=O) groups is 1. The van der Waals surface area contributed by atoms with E-state index < -0.39 is 0 Å². The summed E-state index contributed by atoms with van der Waals surface area (Å²) in [5, 5.41) is 2.92. The summed E-state index contributed by atoms with van der Waals surface area (Å²) in [6, 6.07) is 1.58. The second-order valence-corrected chi connectivity index (χ2v) is 4.94.